The largest absolute Gasteiger partial charge is 0.507 e. The van der Waals surface area contributed by atoms with Crippen LogP contribution in [-0.4, -0.2) is 21.1 Å². The lowest BCUT2D eigenvalue weighted by atomic mass is 10.1. The Hall–Kier alpha value is -2.67. The Morgan fingerprint density at radius 2 is 2.24 bits per heavy atom. The third-order valence-electron chi connectivity index (χ3n) is 2.92. The zero-order valence-electron chi connectivity index (χ0n) is 10.9. The van der Waals surface area contributed by atoms with Gasteiger partial charge in [0.2, 0.25) is 0 Å². The molecule has 3 rings (SSSR count). The Labute approximate surface area is 124 Å². The van der Waals surface area contributed by atoms with Gasteiger partial charge in [-0.25, -0.2) is 0 Å². The van der Waals surface area contributed by atoms with Crippen LogP contribution in [-0.2, 0) is 6.42 Å². The van der Waals surface area contributed by atoms with E-state index in [4.69, 9.17) is 15.7 Å². The fraction of sp³-hybridized carbons (Fsp3) is 0.0714. The molecular weight excluding hydrogens is 288 g/mol. The summed E-state index contributed by atoms with van der Waals surface area (Å²) >= 11 is 1.63. The summed E-state index contributed by atoms with van der Waals surface area (Å²) in [6.07, 6.45) is 0.610. The molecule has 0 atom stereocenters. The number of aromatic hydroxyl groups is 1. The quantitative estimate of drug-likeness (QED) is 0.506. The van der Waals surface area contributed by atoms with Crippen LogP contribution >= 0.6 is 11.3 Å². The van der Waals surface area contributed by atoms with Crippen molar-refractivity contribution in [1.82, 2.24) is 10.1 Å². The van der Waals surface area contributed by atoms with Crippen molar-refractivity contribution in [3.63, 3.8) is 0 Å². The van der Waals surface area contributed by atoms with Crippen molar-refractivity contribution in [2.75, 3.05) is 0 Å². The molecule has 0 radical (unpaired) electrons. The topological polar surface area (TPSA) is 109 Å². The second-order valence-electron chi connectivity index (χ2n) is 4.42. The lowest BCUT2D eigenvalue weighted by molar-refractivity contribution is 0.423. The summed E-state index contributed by atoms with van der Waals surface area (Å²) in [5, 5.41) is 23.1. The van der Waals surface area contributed by atoms with Crippen molar-refractivity contribution in [2.45, 2.75) is 6.42 Å². The summed E-state index contributed by atoms with van der Waals surface area (Å²) in [6, 6.07) is 8.67. The minimum atomic E-state index is -0.192. The molecule has 7 heteroatoms. The number of nitrogens with two attached hydrogens (primary N) is 1. The predicted octanol–water partition coefficient (Wildman–Crippen LogP) is 2.38. The van der Waals surface area contributed by atoms with Gasteiger partial charge in [-0.3, -0.25) is 5.41 Å². The van der Waals surface area contributed by atoms with Crippen molar-refractivity contribution in [2.24, 2.45) is 5.73 Å². The number of phenolic OH excluding ortho intramolecular Hbond substituents is 1. The molecule has 2 aromatic heterocycles. The number of nitrogens with zero attached hydrogens (tertiary/aromatic N) is 2. The molecular formula is C14H12N4O2S. The third-order valence-corrected chi connectivity index (χ3v) is 3.79. The first-order valence-electron chi connectivity index (χ1n) is 6.16. The summed E-state index contributed by atoms with van der Waals surface area (Å²) in [6.45, 7) is 0. The number of phenols is 1. The van der Waals surface area contributed by atoms with Gasteiger partial charge >= 0.3 is 0 Å². The van der Waals surface area contributed by atoms with Crippen LogP contribution in [0.25, 0.3) is 11.5 Å². The van der Waals surface area contributed by atoms with E-state index in [9.17, 15) is 5.11 Å². The third kappa shape index (κ3) is 2.77. The molecule has 0 amide bonds. The number of benzene rings is 1. The molecule has 0 aliphatic carbocycles. The lowest BCUT2D eigenvalue weighted by Crippen LogP contribution is -2.10. The molecule has 0 spiro atoms. The van der Waals surface area contributed by atoms with Gasteiger partial charge in [-0.15, -0.1) is 11.3 Å². The van der Waals surface area contributed by atoms with Crippen molar-refractivity contribution >= 4 is 17.2 Å². The maximum absolute atomic E-state index is 9.83. The Morgan fingerprint density at radius 1 is 1.38 bits per heavy atom. The fourth-order valence-corrected chi connectivity index (χ4v) is 2.61. The number of nitrogen functional groups attached to an aromatic ring is 1. The van der Waals surface area contributed by atoms with Crippen molar-refractivity contribution in [1.29, 1.82) is 5.41 Å². The average molecular weight is 300 g/mol. The van der Waals surface area contributed by atoms with Crippen molar-refractivity contribution in [3.8, 4) is 17.2 Å². The molecule has 0 aliphatic heterocycles. The molecule has 6 nitrogen and oxygen atoms in total. The minimum absolute atomic E-state index is 0.0852. The Morgan fingerprint density at radius 3 is 2.90 bits per heavy atom. The van der Waals surface area contributed by atoms with E-state index in [1.54, 1.807) is 23.5 Å². The van der Waals surface area contributed by atoms with E-state index in [0.29, 0.717) is 23.7 Å². The number of amidine groups is 1. The molecule has 2 heterocycles. The van der Waals surface area contributed by atoms with Gasteiger partial charge in [-0.05, 0) is 29.6 Å². The van der Waals surface area contributed by atoms with E-state index < -0.39 is 0 Å². The lowest BCUT2D eigenvalue weighted by Gasteiger charge is -2.02. The number of thiophene rings is 1. The first kappa shape index (κ1) is 13.3. The summed E-state index contributed by atoms with van der Waals surface area (Å²) in [5.41, 5.74) is 6.22. The van der Waals surface area contributed by atoms with Gasteiger partial charge in [0.05, 0.1) is 5.56 Å². The normalized spacial score (nSPS) is 10.7. The van der Waals surface area contributed by atoms with Gasteiger partial charge in [0, 0.05) is 16.9 Å². The second-order valence-corrected chi connectivity index (χ2v) is 5.45. The van der Waals surface area contributed by atoms with E-state index in [2.05, 4.69) is 10.1 Å². The molecule has 106 valence electrons. The number of hydrogen-bond acceptors (Lipinski definition) is 6. The first-order valence-corrected chi connectivity index (χ1v) is 7.04. The highest BCUT2D eigenvalue weighted by Gasteiger charge is 2.12. The highest BCUT2D eigenvalue weighted by molar-refractivity contribution is 7.09. The van der Waals surface area contributed by atoms with Crippen LogP contribution in [0.5, 0.6) is 5.75 Å². The predicted molar refractivity (Wildman–Crippen MR) is 79.5 cm³/mol. The fourth-order valence-electron chi connectivity index (χ4n) is 1.90. The van der Waals surface area contributed by atoms with Gasteiger partial charge in [-0.1, -0.05) is 11.2 Å². The van der Waals surface area contributed by atoms with Gasteiger partial charge < -0.3 is 15.4 Å². The standard InChI is InChI=1S/C14H12N4O2S/c15-13(16)10-4-3-8(6-11(10)19)14-17-12(18-20-14)7-9-2-1-5-21-9/h1-6,19H,7H2,(H3,15,16). The molecule has 1 aromatic carbocycles. The maximum atomic E-state index is 9.83. The molecule has 21 heavy (non-hydrogen) atoms. The SMILES string of the molecule is N=C(N)c1ccc(-c2nc(Cc3cccs3)no2)cc1O. The van der Waals surface area contributed by atoms with Crippen LogP contribution in [0.3, 0.4) is 0 Å². The van der Waals surface area contributed by atoms with E-state index >= 15 is 0 Å². The molecule has 3 aromatic rings. The number of rotatable bonds is 4. The smallest absolute Gasteiger partial charge is 0.258 e. The number of aromatic nitrogens is 2. The summed E-state index contributed by atoms with van der Waals surface area (Å²) in [4.78, 5) is 5.45. The van der Waals surface area contributed by atoms with Gasteiger partial charge in [0.25, 0.3) is 5.89 Å². The Kier molecular flexibility index (Phi) is 3.41. The monoisotopic (exact) mass is 300 g/mol. The van der Waals surface area contributed by atoms with Crippen LogP contribution in [0.1, 0.15) is 16.3 Å². The molecule has 0 saturated carbocycles. The van der Waals surface area contributed by atoms with E-state index in [1.165, 1.54) is 6.07 Å². The molecule has 0 bridgehead atoms. The van der Waals surface area contributed by atoms with E-state index in [-0.39, 0.29) is 17.1 Å². The zero-order chi connectivity index (χ0) is 14.8. The van der Waals surface area contributed by atoms with Crippen LogP contribution in [0.4, 0.5) is 0 Å². The maximum Gasteiger partial charge on any atom is 0.258 e. The highest BCUT2D eigenvalue weighted by Crippen LogP contribution is 2.25. The van der Waals surface area contributed by atoms with Crippen LogP contribution in [0.15, 0.2) is 40.2 Å². The highest BCUT2D eigenvalue weighted by atomic mass is 32.1. The Bertz CT molecular complexity index is 780. The molecule has 0 saturated heterocycles. The molecule has 0 fully saturated rings. The molecule has 0 aliphatic rings. The second kappa shape index (κ2) is 5.37. The Balaban J connectivity index is 1.86. The number of hydrogen-bond donors (Lipinski definition) is 3. The van der Waals surface area contributed by atoms with E-state index in [1.807, 2.05) is 17.5 Å². The minimum Gasteiger partial charge on any atom is -0.507 e. The van der Waals surface area contributed by atoms with Gasteiger partial charge in [0.15, 0.2) is 5.82 Å². The van der Waals surface area contributed by atoms with Crippen LogP contribution in [0.2, 0.25) is 0 Å². The average Bonchev–Trinajstić information content (AvgIpc) is 3.10. The van der Waals surface area contributed by atoms with Crippen molar-refractivity contribution in [3.05, 3.63) is 52.0 Å². The summed E-state index contributed by atoms with van der Waals surface area (Å²) < 4.78 is 5.20. The van der Waals surface area contributed by atoms with Crippen LogP contribution < -0.4 is 5.73 Å². The van der Waals surface area contributed by atoms with Gasteiger partial charge in [-0.2, -0.15) is 4.98 Å². The van der Waals surface area contributed by atoms with Gasteiger partial charge in [0.1, 0.15) is 11.6 Å². The first-order chi connectivity index (χ1) is 10.1. The summed E-state index contributed by atoms with van der Waals surface area (Å²) in [5.74, 6) is 0.635. The summed E-state index contributed by atoms with van der Waals surface area (Å²) in [7, 11) is 0. The molecule has 0 unspecified atom stereocenters. The zero-order valence-corrected chi connectivity index (χ0v) is 11.7. The molecule has 4 N–H and O–H groups in total. The van der Waals surface area contributed by atoms with E-state index in [0.717, 1.165) is 4.88 Å². The van der Waals surface area contributed by atoms with Crippen molar-refractivity contribution < 1.29 is 9.63 Å². The van der Waals surface area contributed by atoms with Crippen LogP contribution in [0, 0.1) is 5.41 Å². The number of nitrogens with one attached hydrogen (secondary N) is 1.